The molecule has 0 spiro atoms. The minimum Gasteiger partial charge on any atom is -0.0976 e. The Labute approximate surface area is 74.6 Å². The van der Waals surface area contributed by atoms with E-state index in [4.69, 9.17) is 0 Å². The van der Waals surface area contributed by atoms with Gasteiger partial charge in [0.25, 0.3) is 0 Å². The first-order valence-corrected chi connectivity index (χ1v) is 4.24. The lowest BCUT2D eigenvalue weighted by molar-refractivity contribution is 0.676. The summed E-state index contributed by atoms with van der Waals surface area (Å²) in [6.45, 7) is 4.34. The molecule has 1 aromatic carbocycles. The normalized spacial score (nSPS) is 9.25. The van der Waals surface area contributed by atoms with Crippen molar-refractivity contribution in [2.75, 3.05) is 0 Å². The van der Waals surface area contributed by atoms with Crippen molar-refractivity contribution in [2.24, 2.45) is 5.92 Å². The van der Waals surface area contributed by atoms with Crippen molar-refractivity contribution in [1.29, 1.82) is 0 Å². The van der Waals surface area contributed by atoms with E-state index in [2.05, 4.69) is 31.8 Å². The smallest absolute Gasteiger partial charge is 0.0251 e. The van der Waals surface area contributed by atoms with E-state index in [9.17, 15) is 0 Å². The van der Waals surface area contributed by atoms with Gasteiger partial charge in [0, 0.05) is 12.0 Å². The SMILES string of the molecule is CC(C)CC#Cc1c[c]ccc1. The van der Waals surface area contributed by atoms with Gasteiger partial charge < -0.3 is 0 Å². The van der Waals surface area contributed by atoms with Crippen LogP contribution in [0.2, 0.25) is 0 Å². The monoisotopic (exact) mass is 157 g/mol. The average molecular weight is 157 g/mol. The zero-order valence-corrected chi connectivity index (χ0v) is 7.59. The van der Waals surface area contributed by atoms with Gasteiger partial charge in [-0.05, 0) is 24.1 Å². The van der Waals surface area contributed by atoms with Crippen LogP contribution in [0.1, 0.15) is 25.8 Å². The van der Waals surface area contributed by atoms with E-state index >= 15 is 0 Å². The van der Waals surface area contributed by atoms with Gasteiger partial charge in [-0.15, -0.1) is 0 Å². The predicted octanol–water partition coefficient (Wildman–Crippen LogP) is 2.88. The second kappa shape index (κ2) is 4.62. The standard InChI is InChI=1S/C12H13/c1-11(2)7-6-10-12-8-4-3-5-9-12/h3-4,8-9,11H,7H2,1-2H3. The van der Waals surface area contributed by atoms with Crippen molar-refractivity contribution in [2.45, 2.75) is 20.3 Å². The third-order valence-corrected chi connectivity index (χ3v) is 1.45. The molecule has 1 rings (SSSR count). The highest BCUT2D eigenvalue weighted by atomic mass is 13.9. The summed E-state index contributed by atoms with van der Waals surface area (Å²) in [5.74, 6) is 6.88. The van der Waals surface area contributed by atoms with Crippen LogP contribution in [-0.2, 0) is 0 Å². The Morgan fingerprint density at radius 2 is 2.33 bits per heavy atom. The van der Waals surface area contributed by atoms with E-state index in [0.717, 1.165) is 12.0 Å². The maximum absolute atomic E-state index is 3.13. The molecule has 0 bridgehead atoms. The molecule has 0 fully saturated rings. The molecule has 0 aliphatic carbocycles. The summed E-state index contributed by atoms with van der Waals surface area (Å²) < 4.78 is 0. The van der Waals surface area contributed by atoms with Crippen LogP contribution < -0.4 is 0 Å². The van der Waals surface area contributed by atoms with Gasteiger partial charge in [0.15, 0.2) is 0 Å². The molecule has 0 unspecified atom stereocenters. The van der Waals surface area contributed by atoms with E-state index < -0.39 is 0 Å². The van der Waals surface area contributed by atoms with Gasteiger partial charge in [-0.2, -0.15) is 0 Å². The zero-order valence-electron chi connectivity index (χ0n) is 7.59. The Hall–Kier alpha value is -1.22. The van der Waals surface area contributed by atoms with E-state index in [0.29, 0.717) is 5.92 Å². The van der Waals surface area contributed by atoms with E-state index in [-0.39, 0.29) is 0 Å². The summed E-state index contributed by atoms with van der Waals surface area (Å²) in [6.07, 6.45) is 0.967. The van der Waals surface area contributed by atoms with Gasteiger partial charge in [0.05, 0.1) is 0 Å². The Morgan fingerprint density at radius 3 is 2.92 bits per heavy atom. The number of rotatable bonds is 1. The Bertz CT molecular complexity index is 272. The van der Waals surface area contributed by atoms with Crippen LogP contribution in [0.15, 0.2) is 24.3 Å². The molecule has 0 heteroatoms. The summed E-state index contributed by atoms with van der Waals surface area (Å²) in [4.78, 5) is 0. The molecule has 0 aliphatic heterocycles. The van der Waals surface area contributed by atoms with E-state index in [1.807, 2.05) is 24.3 Å². The molecule has 1 radical (unpaired) electrons. The molecule has 0 atom stereocenters. The fourth-order valence-corrected chi connectivity index (χ4v) is 0.828. The fourth-order valence-electron chi connectivity index (χ4n) is 0.828. The molecule has 61 valence electrons. The quantitative estimate of drug-likeness (QED) is 0.550. The minimum atomic E-state index is 0.658. The molecule has 0 amide bonds. The first kappa shape index (κ1) is 8.87. The van der Waals surface area contributed by atoms with Gasteiger partial charge in [0.2, 0.25) is 0 Å². The van der Waals surface area contributed by atoms with Crippen molar-refractivity contribution in [3.05, 3.63) is 35.9 Å². The summed E-state index contributed by atoms with van der Waals surface area (Å²) in [7, 11) is 0. The zero-order chi connectivity index (χ0) is 8.81. The predicted molar refractivity (Wildman–Crippen MR) is 51.6 cm³/mol. The van der Waals surface area contributed by atoms with Crippen LogP contribution in [0.25, 0.3) is 0 Å². The van der Waals surface area contributed by atoms with Gasteiger partial charge >= 0.3 is 0 Å². The summed E-state index contributed by atoms with van der Waals surface area (Å²) in [5, 5.41) is 0. The highest BCUT2D eigenvalue weighted by molar-refractivity contribution is 5.33. The summed E-state index contributed by atoms with van der Waals surface area (Å²) in [5.41, 5.74) is 1.05. The van der Waals surface area contributed by atoms with Crippen molar-refractivity contribution in [3.8, 4) is 11.8 Å². The first-order valence-electron chi connectivity index (χ1n) is 4.24. The number of hydrogen-bond acceptors (Lipinski definition) is 0. The second-order valence-electron chi connectivity index (χ2n) is 3.19. The molecular weight excluding hydrogens is 144 g/mol. The van der Waals surface area contributed by atoms with Crippen LogP contribution in [0.4, 0.5) is 0 Å². The van der Waals surface area contributed by atoms with Crippen LogP contribution >= 0.6 is 0 Å². The molecule has 0 aliphatic rings. The van der Waals surface area contributed by atoms with E-state index in [1.165, 1.54) is 0 Å². The maximum atomic E-state index is 3.13. The second-order valence-corrected chi connectivity index (χ2v) is 3.19. The minimum absolute atomic E-state index is 0.658. The maximum Gasteiger partial charge on any atom is 0.0251 e. The third-order valence-electron chi connectivity index (χ3n) is 1.45. The van der Waals surface area contributed by atoms with Gasteiger partial charge in [-0.1, -0.05) is 37.8 Å². The van der Waals surface area contributed by atoms with Gasteiger partial charge in [0.1, 0.15) is 0 Å². The lowest BCUT2D eigenvalue weighted by atomic mass is 10.1. The molecular formula is C12H13. The lowest BCUT2D eigenvalue weighted by Gasteiger charge is -1.92. The number of benzene rings is 1. The van der Waals surface area contributed by atoms with Crippen LogP contribution in [0.3, 0.4) is 0 Å². The third kappa shape index (κ3) is 3.25. The van der Waals surface area contributed by atoms with Crippen LogP contribution in [-0.4, -0.2) is 0 Å². The van der Waals surface area contributed by atoms with Crippen molar-refractivity contribution in [1.82, 2.24) is 0 Å². The van der Waals surface area contributed by atoms with E-state index in [1.54, 1.807) is 0 Å². The molecule has 0 heterocycles. The largest absolute Gasteiger partial charge is 0.0976 e. The van der Waals surface area contributed by atoms with Crippen molar-refractivity contribution < 1.29 is 0 Å². The topological polar surface area (TPSA) is 0 Å². The Morgan fingerprint density at radius 1 is 1.50 bits per heavy atom. The van der Waals surface area contributed by atoms with Gasteiger partial charge in [-0.3, -0.25) is 0 Å². The highest BCUT2D eigenvalue weighted by Crippen LogP contribution is 1.98. The molecule has 1 aromatic rings. The van der Waals surface area contributed by atoms with Crippen molar-refractivity contribution in [3.63, 3.8) is 0 Å². The fraction of sp³-hybridized carbons (Fsp3) is 0.333. The average Bonchev–Trinajstić information content (AvgIpc) is 2.05. The molecule has 0 saturated carbocycles. The molecule has 0 nitrogen and oxygen atoms in total. The van der Waals surface area contributed by atoms with Crippen LogP contribution in [0, 0.1) is 23.8 Å². The molecule has 0 saturated heterocycles. The molecule has 12 heavy (non-hydrogen) atoms. The molecule has 0 N–H and O–H groups in total. The van der Waals surface area contributed by atoms with Crippen LogP contribution in [0.5, 0.6) is 0 Å². The Kier molecular flexibility index (Phi) is 3.41. The first-order chi connectivity index (χ1) is 5.79. The summed E-state index contributed by atoms with van der Waals surface area (Å²) in [6, 6.07) is 10.8. The Balaban J connectivity index is 2.55. The molecule has 0 aromatic heterocycles. The van der Waals surface area contributed by atoms with Gasteiger partial charge in [-0.25, -0.2) is 0 Å². The summed E-state index contributed by atoms with van der Waals surface area (Å²) >= 11 is 0. The highest BCUT2D eigenvalue weighted by Gasteiger charge is 1.86. The van der Waals surface area contributed by atoms with Crippen molar-refractivity contribution >= 4 is 0 Å². The lowest BCUT2D eigenvalue weighted by Crippen LogP contribution is -1.81. The number of hydrogen-bond donors (Lipinski definition) is 0.